The lowest BCUT2D eigenvalue weighted by atomic mass is 10.1. The number of fused-ring (bicyclic) bond motifs is 1. The van der Waals surface area contributed by atoms with E-state index in [0.29, 0.717) is 42.8 Å². The van der Waals surface area contributed by atoms with Gasteiger partial charge in [-0.2, -0.15) is 0 Å². The Bertz CT molecular complexity index is 904. The molecule has 0 unspecified atom stereocenters. The van der Waals surface area contributed by atoms with Gasteiger partial charge in [-0.05, 0) is 29.8 Å². The van der Waals surface area contributed by atoms with E-state index in [1.54, 1.807) is 19.2 Å². The van der Waals surface area contributed by atoms with Crippen LogP contribution >= 0.6 is 24.0 Å². The number of ether oxygens (including phenoxy) is 4. The largest absolute Gasteiger partial charge is 0.496 e. The summed E-state index contributed by atoms with van der Waals surface area (Å²) in [6, 6.07) is 11.0. The molecule has 0 saturated carbocycles. The minimum Gasteiger partial charge on any atom is -0.496 e. The van der Waals surface area contributed by atoms with Crippen LogP contribution in [0.4, 0.5) is 5.69 Å². The van der Waals surface area contributed by atoms with E-state index >= 15 is 0 Å². The van der Waals surface area contributed by atoms with Gasteiger partial charge >= 0.3 is 5.97 Å². The fraction of sp³-hybridized carbons (Fsp3) is 0.333. The first kappa shape index (κ1) is 23.6. The number of rotatable bonds is 5. The number of hydrogen-bond donors (Lipinski definition) is 2. The molecular weight excluding hydrogens is 501 g/mol. The Labute approximate surface area is 193 Å². The van der Waals surface area contributed by atoms with Gasteiger partial charge in [0.05, 0.1) is 27.4 Å². The maximum Gasteiger partial charge on any atom is 0.341 e. The van der Waals surface area contributed by atoms with Crippen LogP contribution < -0.4 is 24.8 Å². The van der Waals surface area contributed by atoms with Crippen molar-refractivity contribution in [2.75, 3.05) is 39.8 Å². The number of benzene rings is 2. The van der Waals surface area contributed by atoms with Gasteiger partial charge in [-0.15, -0.1) is 24.0 Å². The van der Waals surface area contributed by atoms with E-state index in [2.05, 4.69) is 15.6 Å². The predicted molar refractivity (Wildman–Crippen MR) is 126 cm³/mol. The highest BCUT2D eigenvalue weighted by molar-refractivity contribution is 14.0. The number of nitrogens with one attached hydrogen (secondary N) is 2. The number of guanidine groups is 1. The molecule has 0 fully saturated rings. The van der Waals surface area contributed by atoms with Crippen LogP contribution in [0.5, 0.6) is 17.2 Å². The quantitative estimate of drug-likeness (QED) is 0.267. The molecule has 2 aromatic rings. The van der Waals surface area contributed by atoms with Gasteiger partial charge in [0, 0.05) is 31.8 Å². The summed E-state index contributed by atoms with van der Waals surface area (Å²) in [7, 11) is 4.54. The second-order valence-corrected chi connectivity index (χ2v) is 6.29. The second kappa shape index (κ2) is 11.5. The summed E-state index contributed by atoms with van der Waals surface area (Å²) in [6.45, 7) is 1.74. The van der Waals surface area contributed by atoms with E-state index in [-0.39, 0.29) is 24.0 Å². The van der Waals surface area contributed by atoms with Crippen molar-refractivity contribution in [2.45, 2.75) is 13.0 Å². The summed E-state index contributed by atoms with van der Waals surface area (Å²) in [5, 5.41) is 6.45. The average Bonchev–Trinajstić information content (AvgIpc) is 3.00. The van der Waals surface area contributed by atoms with Gasteiger partial charge in [-0.3, -0.25) is 4.99 Å². The van der Waals surface area contributed by atoms with E-state index in [9.17, 15) is 4.79 Å². The topological polar surface area (TPSA) is 90.4 Å². The van der Waals surface area contributed by atoms with Crippen molar-refractivity contribution in [1.82, 2.24) is 5.32 Å². The molecule has 0 aromatic heterocycles. The molecule has 9 heteroatoms. The van der Waals surface area contributed by atoms with Crippen molar-refractivity contribution in [3.63, 3.8) is 0 Å². The molecule has 0 amide bonds. The Kier molecular flexibility index (Phi) is 9.03. The van der Waals surface area contributed by atoms with E-state index in [4.69, 9.17) is 18.9 Å². The minimum absolute atomic E-state index is 0. The van der Waals surface area contributed by atoms with Crippen LogP contribution in [0.15, 0.2) is 41.4 Å². The first-order chi connectivity index (χ1) is 14.1. The first-order valence-electron chi connectivity index (χ1n) is 9.27. The van der Waals surface area contributed by atoms with Crippen molar-refractivity contribution in [1.29, 1.82) is 0 Å². The van der Waals surface area contributed by atoms with E-state index in [0.717, 1.165) is 23.4 Å². The van der Waals surface area contributed by atoms with Crippen LogP contribution in [0.3, 0.4) is 0 Å². The molecule has 0 spiro atoms. The number of carbonyl (C=O) groups is 1. The van der Waals surface area contributed by atoms with Crippen LogP contribution in [0.2, 0.25) is 0 Å². The van der Waals surface area contributed by atoms with E-state index in [1.807, 2.05) is 24.3 Å². The number of nitrogens with zero attached hydrogens (tertiary/aromatic N) is 1. The summed E-state index contributed by atoms with van der Waals surface area (Å²) in [4.78, 5) is 16.2. The first-order valence-corrected chi connectivity index (χ1v) is 9.27. The van der Waals surface area contributed by atoms with Crippen molar-refractivity contribution >= 4 is 41.6 Å². The van der Waals surface area contributed by atoms with Crippen LogP contribution in [0, 0.1) is 0 Å². The fourth-order valence-corrected chi connectivity index (χ4v) is 2.88. The Morgan fingerprint density at radius 1 is 1.10 bits per heavy atom. The summed E-state index contributed by atoms with van der Waals surface area (Å²) in [6.07, 6.45) is 0.857. The highest BCUT2D eigenvalue weighted by Gasteiger charge is 2.14. The molecule has 0 bridgehead atoms. The summed E-state index contributed by atoms with van der Waals surface area (Å²) >= 11 is 0. The Morgan fingerprint density at radius 2 is 1.87 bits per heavy atom. The maximum absolute atomic E-state index is 11.9. The number of anilines is 1. The third-order valence-corrected chi connectivity index (χ3v) is 4.36. The monoisotopic (exact) mass is 527 g/mol. The van der Waals surface area contributed by atoms with Crippen molar-refractivity contribution in [3.05, 3.63) is 47.5 Å². The van der Waals surface area contributed by atoms with Gasteiger partial charge in [0.15, 0.2) is 17.5 Å². The van der Waals surface area contributed by atoms with Crippen LogP contribution in [-0.4, -0.2) is 46.4 Å². The number of methoxy groups -OCH3 is 2. The van der Waals surface area contributed by atoms with E-state index < -0.39 is 5.97 Å². The molecule has 0 aliphatic carbocycles. The number of aliphatic imine (C=N–C) groups is 1. The SMILES string of the molecule is CN=C(NCc1ccc(OC)c(C(=O)OC)c1)Nc1ccc2c(c1)OCCCO2.I. The average molecular weight is 527 g/mol. The molecular formula is C21H26IN3O5. The molecule has 162 valence electrons. The molecule has 2 aromatic carbocycles. The van der Waals surface area contributed by atoms with Crippen molar-refractivity contribution in [2.24, 2.45) is 4.99 Å². The summed E-state index contributed by atoms with van der Waals surface area (Å²) in [5.41, 5.74) is 2.08. The van der Waals surface area contributed by atoms with Gasteiger partial charge in [-0.1, -0.05) is 6.07 Å². The number of esters is 1. The zero-order chi connectivity index (χ0) is 20.6. The van der Waals surface area contributed by atoms with Crippen molar-refractivity contribution < 1.29 is 23.7 Å². The zero-order valence-electron chi connectivity index (χ0n) is 17.2. The van der Waals surface area contributed by atoms with Gasteiger partial charge in [0.1, 0.15) is 11.3 Å². The summed E-state index contributed by atoms with van der Waals surface area (Å²) < 4.78 is 21.4. The predicted octanol–water partition coefficient (Wildman–Crippen LogP) is 3.45. The Balaban J connectivity index is 0.00000320. The lowest BCUT2D eigenvalue weighted by molar-refractivity contribution is 0.0597. The Morgan fingerprint density at radius 3 is 2.57 bits per heavy atom. The maximum atomic E-state index is 11.9. The normalized spacial score (nSPS) is 12.8. The van der Waals surface area contributed by atoms with Crippen molar-refractivity contribution in [3.8, 4) is 17.2 Å². The number of halogens is 1. The fourth-order valence-electron chi connectivity index (χ4n) is 2.88. The number of carbonyl (C=O) groups excluding carboxylic acids is 1. The molecule has 0 saturated heterocycles. The molecule has 30 heavy (non-hydrogen) atoms. The molecule has 8 nitrogen and oxygen atoms in total. The van der Waals surface area contributed by atoms with Gasteiger partial charge < -0.3 is 29.6 Å². The van der Waals surface area contributed by atoms with Gasteiger partial charge in [0.2, 0.25) is 0 Å². The van der Waals surface area contributed by atoms with Gasteiger partial charge in [0.25, 0.3) is 0 Å². The summed E-state index contributed by atoms with van der Waals surface area (Å²) in [5.74, 6) is 2.05. The third kappa shape index (κ3) is 5.91. The molecule has 0 atom stereocenters. The van der Waals surface area contributed by atoms with E-state index in [1.165, 1.54) is 14.2 Å². The van der Waals surface area contributed by atoms with Crippen LogP contribution in [0.25, 0.3) is 0 Å². The van der Waals surface area contributed by atoms with Gasteiger partial charge in [-0.25, -0.2) is 4.79 Å². The van der Waals surface area contributed by atoms with Crippen LogP contribution in [0.1, 0.15) is 22.3 Å². The van der Waals surface area contributed by atoms with Crippen LogP contribution in [-0.2, 0) is 11.3 Å². The molecule has 3 rings (SSSR count). The molecule has 1 aliphatic heterocycles. The zero-order valence-corrected chi connectivity index (χ0v) is 19.5. The molecule has 1 aliphatic rings. The minimum atomic E-state index is -0.446. The Hall–Kier alpha value is -2.69. The number of hydrogen-bond acceptors (Lipinski definition) is 6. The molecule has 2 N–H and O–H groups in total. The lowest BCUT2D eigenvalue weighted by Gasteiger charge is -2.15. The molecule has 1 heterocycles. The standard InChI is InChI=1S/C21H25N3O5.HI/c1-22-21(24-15-6-8-18-19(12-15)29-10-4-9-28-18)23-13-14-5-7-17(26-2)16(11-14)20(25)27-3;/h5-8,11-12H,4,9-10,13H2,1-3H3,(H2,22,23,24);1H. The third-order valence-electron chi connectivity index (χ3n) is 4.36. The lowest BCUT2D eigenvalue weighted by Crippen LogP contribution is -2.30. The molecule has 0 radical (unpaired) electrons. The highest BCUT2D eigenvalue weighted by atomic mass is 127. The highest BCUT2D eigenvalue weighted by Crippen LogP contribution is 2.32. The second-order valence-electron chi connectivity index (χ2n) is 6.29. The smallest absolute Gasteiger partial charge is 0.341 e.